The number of rotatable bonds is 1. The summed E-state index contributed by atoms with van der Waals surface area (Å²) < 4.78 is 5.19. The highest BCUT2D eigenvalue weighted by atomic mass is 16.5. The van der Waals surface area contributed by atoms with E-state index in [0.29, 0.717) is 17.1 Å². The molecule has 1 aliphatic heterocycles. The second kappa shape index (κ2) is 3.50. The summed E-state index contributed by atoms with van der Waals surface area (Å²) in [6.45, 7) is 0.0421. The molecule has 0 fully saturated rings. The summed E-state index contributed by atoms with van der Waals surface area (Å²) in [6.07, 6.45) is 1.98. The molecule has 1 heterocycles. The number of hydrogen-bond donors (Lipinski definition) is 1. The van der Waals surface area contributed by atoms with Crippen LogP contribution in [0.5, 0.6) is 5.75 Å². The lowest BCUT2D eigenvalue weighted by Crippen LogP contribution is -2.25. The number of carbonyl (C=O) groups excluding carboxylic acids is 1. The Balaban J connectivity index is 2.37. The molecule has 0 aliphatic carbocycles. The van der Waals surface area contributed by atoms with Gasteiger partial charge in [0.1, 0.15) is 5.75 Å². The second-order valence-corrected chi connectivity index (χ2v) is 3.18. The van der Waals surface area contributed by atoms with E-state index in [1.54, 1.807) is 25.2 Å². The molecule has 5 heteroatoms. The maximum Gasteiger partial charge on any atom is 0.262 e. The van der Waals surface area contributed by atoms with E-state index in [9.17, 15) is 4.79 Å². The third-order valence-corrected chi connectivity index (χ3v) is 2.13. The molecule has 5 nitrogen and oxygen atoms in total. The highest BCUT2D eigenvalue weighted by Crippen LogP contribution is 2.31. The van der Waals surface area contributed by atoms with Gasteiger partial charge >= 0.3 is 0 Å². The number of carbonyl (C=O) groups is 1. The van der Waals surface area contributed by atoms with Crippen LogP contribution < -0.4 is 15.0 Å². The van der Waals surface area contributed by atoms with E-state index in [2.05, 4.69) is 5.32 Å². The van der Waals surface area contributed by atoms with Crippen molar-refractivity contribution in [2.75, 3.05) is 23.9 Å². The van der Waals surface area contributed by atoms with Crippen LogP contribution in [-0.4, -0.2) is 19.6 Å². The monoisotopic (exact) mass is 203 g/mol. The first-order valence-electron chi connectivity index (χ1n) is 4.41. The summed E-state index contributed by atoms with van der Waals surface area (Å²) in [5.41, 5.74) is 1.31. The van der Waals surface area contributed by atoms with E-state index in [-0.39, 0.29) is 12.5 Å². The molecular weight excluding hydrogens is 194 g/mol. The van der Waals surface area contributed by atoms with E-state index in [0.717, 1.165) is 0 Å². The molecule has 15 heavy (non-hydrogen) atoms. The molecule has 1 N–H and O–H groups in total. The average molecular weight is 203 g/mol. The van der Waals surface area contributed by atoms with Gasteiger partial charge in [0.05, 0.1) is 11.4 Å². The molecule has 76 valence electrons. The molecule has 0 spiro atoms. The van der Waals surface area contributed by atoms with Gasteiger partial charge in [0.25, 0.3) is 5.91 Å². The van der Waals surface area contributed by atoms with Crippen molar-refractivity contribution in [2.45, 2.75) is 0 Å². The van der Waals surface area contributed by atoms with Crippen LogP contribution in [0.15, 0.2) is 18.2 Å². The maximum atomic E-state index is 11.1. The second-order valence-electron chi connectivity index (χ2n) is 3.18. The Hall–Kier alpha value is -2.22. The molecule has 0 radical (unpaired) electrons. The number of nitrogens with zero attached hydrogens (tertiary/aromatic N) is 2. The normalized spacial score (nSPS) is 13.2. The predicted molar refractivity (Wildman–Crippen MR) is 54.6 cm³/mol. The number of nitrogens with one attached hydrogen (secondary N) is 1. The SMILES string of the molecule is CN(C#N)c1ccc2c(c1)NC(=O)CO2. The van der Waals surface area contributed by atoms with Gasteiger partial charge in [0, 0.05) is 7.05 Å². The summed E-state index contributed by atoms with van der Waals surface area (Å²) in [4.78, 5) is 12.5. The topological polar surface area (TPSA) is 65.4 Å². The summed E-state index contributed by atoms with van der Waals surface area (Å²) in [6, 6.07) is 5.20. The summed E-state index contributed by atoms with van der Waals surface area (Å²) in [5, 5.41) is 11.4. The number of ether oxygens (including phenoxy) is 1. The van der Waals surface area contributed by atoms with Gasteiger partial charge < -0.3 is 10.1 Å². The molecule has 0 unspecified atom stereocenters. The fourth-order valence-corrected chi connectivity index (χ4v) is 1.34. The highest BCUT2D eigenvalue weighted by Gasteiger charge is 2.16. The van der Waals surface area contributed by atoms with E-state index >= 15 is 0 Å². The molecule has 0 saturated carbocycles. The van der Waals surface area contributed by atoms with Gasteiger partial charge in [-0.1, -0.05) is 0 Å². The lowest BCUT2D eigenvalue weighted by atomic mass is 10.2. The quantitative estimate of drug-likeness (QED) is 0.544. The van der Waals surface area contributed by atoms with Crippen molar-refractivity contribution in [3.63, 3.8) is 0 Å². The third kappa shape index (κ3) is 1.70. The van der Waals surface area contributed by atoms with Crippen LogP contribution in [0.4, 0.5) is 11.4 Å². The standard InChI is InChI=1S/C10H9N3O2/c1-13(6-11)7-2-3-9-8(4-7)12-10(14)5-15-9/h2-4H,5H2,1H3,(H,12,14). The molecule has 0 saturated heterocycles. The van der Waals surface area contributed by atoms with Crippen LogP contribution in [0.25, 0.3) is 0 Å². The number of benzene rings is 1. The van der Waals surface area contributed by atoms with Gasteiger partial charge in [0.15, 0.2) is 12.8 Å². The zero-order valence-electron chi connectivity index (χ0n) is 8.15. The van der Waals surface area contributed by atoms with Gasteiger partial charge in [0.2, 0.25) is 0 Å². The Bertz CT molecular complexity index is 450. The van der Waals surface area contributed by atoms with Crippen molar-refractivity contribution in [1.82, 2.24) is 0 Å². The first-order valence-corrected chi connectivity index (χ1v) is 4.41. The Morgan fingerprint density at radius 1 is 1.60 bits per heavy atom. The minimum atomic E-state index is -0.181. The molecule has 0 aromatic heterocycles. The number of amides is 1. The van der Waals surface area contributed by atoms with Crippen LogP contribution >= 0.6 is 0 Å². The van der Waals surface area contributed by atoms with Gasteiger partial charge in [-0.25, -0.2) is 0 Å². The number of nitriles is 1. The Kier molecular flexibility index (Phi) is 2.18. The van der Waals surface area contributed by atoms with Crippen molar-refractivity contribution in [1.29, 1.82) is 5.26 Å². The first kappa shape index (κ1) is 9.34. The maximum absolute atomic E-state index is 11.1. The molecule has 1 aromatic rings. The largest absolute Gasteiger partial charge is 0.482 e. The molecule has 1 aliphatic rings. The molecule has 1 amide bonds. The van der Waals surface area contributed by atoms with Gasteiger partial charge in [-0.2, -0.15) is 5.26 Å². The van der Waals surface area contributed by atoms with Crippen LogP contribution in [-0.2, 0) is 4.79 Å². The molecular formula is C10H9N3O2. The molecule has 1 aromatic carbocycles. The van der Waals surface area contributed by atoms with Gasteiger partial charge in [-0.15, -0.1) is 0 Å². The van der Waals surface area contributed by atoms with Crippen molar-refractivity contribution in [2.24, 2.45) is 0 Å². The summed E-state index contributed by atoms with van der Waals surface area (Å²) in [5.74, 6) is 0.448. The predicted octanol–water partition coefficient (Wildman–Crippen LogP) is 0.935. The summed E-state index contributed by atoms with van der Waals surface area (Å²) >= 11 is 0. The number of hydrogen-bond acceptors (Lipinski definition) is 4. The van der Waals surface area contributed by atoms with E-state index in [1.807, 2.05) is 6.19 Å². The Morgan fingerprint density at radius 3 is 3.13 bits per heavy atom. The lowest BCUT2D eigenvalue weighted by Gasteiger charge is -2.19. The van der Waals surface area contributed by atoms with Crippen LogP contribution in [0.3, 0.4) is 0 Å². The Morgan fingerprint density at radius 2 is 2.40 bits per heavy atom. The van der Waals surface area contributed by atoms with Crippen LogP contribution in [0.2, 0.25) is 0 Å². The zero-order chi connectivity index (χ0) is 10.8. The van der Waals surface area contributed by atoms with E-state index in [1.165, 1.54) is 4.90 Å². The highest BCUT2D eigenvalue weighted by molar-refractivity contribution is 5.96. The van der Waals surface area contributed by atoms with Crippen LogP contribution in [0, 0.1) is 11.5 Å². The van der Waals surface area contributed by atoms with Gasteiger partial charge in [-0.05, 0) is 18.2 Å². The van der Waals surface area contributed by atoms with Crippen molar-refractivity contribution < 1.29 is 9.53 Å². The lowest BCUT2D eigenvalue weighted by molar-refractivity contribution is -0.118. The molecule has 0 atom stereocenters. The average Bonchev–Trinajstić information content (AvgIpc) is 2.27. The van der Waals surface area contributed by atoms with E-state index in [4.69, 9.17) is 10.00 Å². The van der Waals surface area contributed by atoms with Crippen molar-refractivity contribution >= 4 is 17.3 Å². The van der Waals surface area contributed by atoms with Crippen molar-refractivity contribution in [3.8, 4) is 11.9 Å². The van der Waals surface area contributed by atoms with Gasteiger partial charge in [-0.3, -0.25) is 9.69 Å². The van der Waals surface area contributed by atoms with Crippen molar-refractivity contribution in [3.05, 3.63) is 18.2 Å². The minimum absolute atomic E-state index is 0.0421. The molecule has 0 bridgehead atoms. The Labute approximate surface area is 86.9 Å². The number of fused-ring (bicyclic) bond motifs is 1. The summed E-state index contributed by atoms with van der Waals surface area (Å²) in [7, 11) is 1.65. The smallest absolute Gasteiger partial charge is 0.262 e. The molecule has 2 rings (SSSR count). The fraction of sp³-hybridized carbons (Fsp3) is 0.200. The number of anilines is 2. The van der Waals surface area contributed by atoms with E-state index < -0.39 is 0 Å². The van der Waals surface area contributed by atoms with Crippen LogP contribution in [0.1, 0.15) is 0 Å². The third-order valence-electron chi connectivity index (χ3n) is 2.13. The fourth-order valence-electron chi connectivity index (χ4n) is 1.34. The first-order chi connectivity index (χ1) is 7.20. The zero-order valence-corrected chi connectivity index (χ0v) is 8.15. The minimum Gasteiger partial charge on any atom is -0.482 e.